The Hall–Kier alpha value is -3.01. The molecule has 0 saturated heterocycles. The van der Waals surface area contributed by atoms with E-state index in [-0.39, 0.29) is 11.9 Å². The summed E-state index contributed by atoms with van der Waals surface area (Å²) in [5.41, 5.74) is 4.26. The van der Waals surface area contributed by atoms with Crippen molar-refractivity contribution in [2.45, 2.75) is 38.9 Å². The molecule has 1 N–H and O–H groups in total. The monoisotopic (exact) mass is 360 g/mol. The fourth-order valence-electron chi connectivity index (χ4n) is 3.79. The number of hydrogen-bond acceptors (Lipinski definition) is 3. The molecule has 1 aromatic heterocycles. The topological polar surface area (TPSA) is 45.5 Å². The summed E-state index contributed by atoms with van der Waals surface area (Å²) in [4.78, 5) is 15.1. The van der Waals surface area contributed by atoms with Crippen LogP contribution in [-0.2, 0) is 13.0 Å². The van der Waals surface area contributed by atoms with E-state index in [1.165, 1.54) is 11.3 Å². The third-order valence-electron chi connectivity index (χ3n) is 5.30. The van der Waals surface area contributed by atoms with Gasteiger partial charge in [-0.15, -0.1) is 0 Å². The molecule has 0 saturated carbocycles. The Morgan fingerprint density at radius 1 is 1.15 bits per heavy atom. The van der Waals surface area contributed by atoms with Crippen molar-refractivity contribution in [2.75, 3.05) is 4.90 Å². The van der Waals surface area contributed by atoms with Crippen molar-refractivity contribution in [3.8, 4) is 0 Å². The molecule has 3 aromatic rings. The normalized spacial score (nSPS) is 16.8. The highest BCUT2D eigenvalue weighted by molar-refractivity contribution is 5.95. The molecule has 2 aromatic carbocycles. The molecule has 4 heteroatoms. The number of fused-ring (bicyclic) bond motifs is 1. The summed E-state index contributed by atoms with van der Waals surface area (Å²) in [5.74, 6) is 0.603. The van der Waals surface area contributed by atoms with E-state index in [0.29, 0.717) is 23.9 Å². The lowest BCUT2D eigenvalue weighted by atomic mass is 10.1. The van der Waals surface area contributed by atoms with Crippen LogP contribution in [0, 0.1) is 0 Å². The molecule has 0 radical (unpaired) electrons. The average molecular weight is 360 g/mol. The maximum atomic E-state index is 12.8. The number of rotatable bonds is 5. The fraction of sp³-hybridized carbons (Fsp3) is 0.261. The highest BCUT2D eigenvalue weighted by Crippen LogP contribution is 2.33. The molecule has 138 valence electrons. The second-order valence-corrected chi connectivity index (χ2v) is 7.17. The number of carbonyl (C=O) groups is 1. The van der Waals surface area contributed by atoms with Crippen LogP contribution in [0.5, 0.6) is 0 Å². The van der Waals surface area contributed by atoms with Gasteiger partial charge in [0.15, 0.2) is 0 Å². The number of carbonyl (C=O) groups excluding carboxylic acids is 1. The Balaban J connectivity index is 1.51. The fourth-order valence-corrected chi connectivity index (χ4v) is 3.79. The van der Waals surface area contributed by atoms with Crippen LogP contribution in [0.1, 0.15) is 47.1 Å². The first-order chi connectivity index (χ1) is 13.1. The highest BCUT2D eigenvalue weighted by atomic mass is 16.3. The Bertz CT molecular complexity index is 932. The molecule has 0 fully saturated rings. The molecule has 1 aliphatic heterocycles. The quantitative estimate of drug-likeness (QED) is 0.716. The van der Waals surface area contributed by atoms with E-state index in [1.54, 1.807) is 12.3 Å². The van der Waals surface area contributed by atoms with Gasteiger partial charge in [0.1, 0.15) is 5.76 Å². The van der Waals surface area contributed by atoms with Gasteiger partial charge in [-0.2, -0.15) is 0 Å². The van der Waals surface area contributed by atoms with E-state index in [9.17, 15) is 4.79 Å². The number of furan rings is 1. The minimum atomic E-state index is -0.102. The predicted molar refractivity (Wildman–Crippen MR) is 107 cm³/mol. The van der Waals surface area contributed by atoms with E-state index < -0.39 is 0 Å². The third kappa shape index (κ3) is 3.47. The van der Waals surface area contributed by atoms with Crippen LogP contribution >= 0.6 is 0 Å². The minimum absolute atomic E-state index is 0.0621. The molecule has 2 heterocycles. The lowest BCUT2D eigenvalue weighted by Crippen LogP contribution is -2.31. The number of para-hydroxylation sites is 1. The number of nitrogens with zero attached hydrogens (tertiary/aromatic N) is 1. The van der Waals surface area contributed by atoms with Gasteiger partial charge in [0.2, 0.25) is 0 Å². The maximum absolute atomic E-state index is 12.8. The summed E-state index contributed by atoms with van der Waals surface area (Å²) in [7, 11) is 0. The summed E-state index contributed by atoms with van der Waals surface area (Å²) < 4.78 is 5.70. The van der Waals surface area contributed by atoms with E-state index in [2.05, 4.69) is 41.4 Å². The van der Waals surface area contributed by atoms with Crippen LogP contribution in [0.25, 0.3) is 0 Å². The number of nitrogens with one attached hydrogen (secondary N) is 1. The van der Waals surface area contributed by atoms with Crippen molar-refractivity contribution < 1.29 is 9.21 Å². The minimum Gasteiger partial charge on any atom is -0.467 e. The molecule has 0 spiro atoms. The number of anilines is 1. The molecule has 0 aliphatic carbocycles. The SMILES string of the molecule is CC(NC(=O)c1ccoc1CN1c2ccccc2CC1C)c1ccccc1. The van der Waals surface area contributed by atoms with E-state index in [1.807, 2.05) is 37.3 Å². The summed E-state index contributed by atoms with van der Waals surface area (Å²) in [6, 6.07) is 20.5. The number of amides is 1. The molecule has 27 heavy (non-hydrogen) atoms. The zero-order chi connectivity index (χ0) is 18.8. The second-order valence-electron chi connectivity index (χ2n) is 7.17. The van der Waals surface area contributed by atoms with Gasteiger partial charge < -0.3 is 14.6 Å². The van der Waals surface area contributed by atoms with Gasteiger partial charge in [0.25, 0.3) is 5.91 Å². The third-order valence-corrected chi connectivity index (χ3v) is 5.30. The summed E-state index contributed by atoms with van der Waals surface area (Å²) in [6.45, 7) is 4.79. The molecular formula is C23H24N2O2. The van der Waals surface area contributed by atoms with Gasteiger partial charge in [-0.05, 0) is 43.5 Å². The predicted octanol–water partition coefficient (Wildman–Crippen LogP) is 4.72. The lowest BCUT2D eigenvalue weighted by molar-refractivity contribution is 0.0938. The zero-order valence-corrected chi connectivity index (χ0v) is 15.7. The first-order valence-corrected chi connectivity index (χ1v) is 9.40. The smallest absolute Gasteiger partial charge is 0.255 e. The molecule has 2 unspecified atom stereocenters. The molecule has 4 nitrogen and oxygen atoms in total. The maximum Gasteiger partial charge on any atom is 0.255 e. The van der Waals surface area contributed by atoms with Crippen molar-refractivity contribution in [2.24, 2.45) is 0 Å². The van der Waals surface area contributed by atoms with Crippen molar-refractivity contribution in [3.63, 3.8) is 0 Å². The van der Waals surface area contributed by atoms with Gasteiger partial charge in [-0.1, -0.05) is 48.5 Å². The van der Waals surface area contributed by atoms with E-state index in [0.717, 1.165) is 12.0 Å². The van der Waals surface area contributed by atoms with Crippen molar-refractivity contribution in [1.82, 2.24) is 5.32 Å². The van der Waals surface area contributed by atoms with Gasteiger partial charge in [-0.25, -0.2) is 0 Å². The van der Waals surface area contributed by atoms with Crippen LogP contribution < -0.4 is 10.2 Å². The van der Waals surface area contributed by atoms with E-state index in [4.69, 9.17) is 4.42 Å². The van der Waals surface area contributed by atoms with Gasteiger partial charge in [-0.3, -0.25) is 4.79 Å². The first kappa shape index (κ1) is 17.4. The van der Waals surface area contributed by atoms with E-state index >= 15 is 0 Å². The van der Waals surface area contributed by atoms with Crippen LogP contribution in [-0.4, -0.2) is 11.9 Å². The number of benzene rings is 2. The molecular weight excluding hydrogens is 336 g/mol. The molecule has 1 aliphatic rings. The van der Waals surface area contributed by atoms with Gasteiger partial charge >= 0.3 is 0 Å². The van der Waals surface area contributed by atoms with Crippen molar-refractivity contribution in [3.05, 3.63) is 89.4 Å². The standard InChI is InChI=1S/C23H24N2O2/c1-16-14-19-10-6-7-11-21(19)25(16)15-22-20(12-13-27-22)23(26)24-17(2)18-8-4-3-5-9-18/h3-13,16-17H,14-15H2,1-2H3,(H,24,26). The van der Waals surface area contributed by atoms with Gasteiger partial charge in [0.05, 0.1) is 24.4 Å². The largest absolute Gasteiger partial charge is 0.467 e. The highest BCUT2D eigenvalue weighted by Gasteiger charge is 2.28. The molecule has 1 amide bonds. The second kappa shape index (κ2) is 7.31. The summed E-state index contributed by atoms with van der Waals surface area (Å²) in [6.07, 6.45) is 2.62. The zero-order valence-electron chi connectivity index (χ0n) is 15.7. The Labute approximate surface area is 159 Å². The molecule has 4 rings (SSSR count). The van der Waals surface area contributed by atoms with Gasteiger partial charge in [0, 0.05) is 11.7 Å². The van der Waals surface area contributed by atoms with Crippen molar-refractivity contribution >= 4 is 11.6 Å². The Kier molecular flexibility index (Phi) is 4.71. The van der Waals surface area contributed by atoms with Crippen LogP contribution in [0.2, 0.25) is 0 Å². The Morgan fingerprint density at radius 2 is 1.89 bits per heavy atom. The molecule has 0 bridgehead atoms. The average Bonchev–Trinajstić information content (AvgIpc) is 3.27. The van der Waals surface area contributed by atoms with Crippen LogP contribution in [0.15, 0.2) is 71.3 Å². The Morgan fingerprint density at radius 3 is 2.70 bits per heavy atom. The molecule has 2 atom stereocenters. The van der Waals surface area contributed by atoms with Crippen molar-refractivity contribution in [1.29, 1.82) is 0 Å². The summed E-state index contributed by atoms with van der Waals surface area (Å²) in [5, 5.41) is 3.08. The van der Waals surface area contributed by atoms with Crippen LogP contribution in [0.3, 0.4) is 0 Å². The first-order valence-electron chi connectivity index (χ1n) is 9.40. The van der Waals surface area contributed by atoms with Crippen LogP contribution in [0.4, 0.5) is 5.69 Å². The lowest BCUT2D eigenvalue weighted by Gasteiger charge is -2.24. The number of hydrogen-bond donors (Lipinski definition) is 1. The summed E-state index contributed by atoms with van der Waals surface area (Å²) >= 11 is 0.